The zero-order valence-electron chi connectivity index (χ0n) is 11.2. The molecule has 2 N–H and O–H groups in total. The Morgan fingerprint density at radius 3 is 2.65 bits per heavy atom. The number of carbonyl (C=O) groups excluding carboxylic acids is 2. The van der Waals surface area contributed by atoms with Gasteiger partial charge in [-0.25, -0.2) is 0 Å². The summed E-state index contributed by atoms with van der Waals surface area (Å²) in [6.07, 6.45) is 2.91. The molecule has 0 spiro atoms. The minimum Gasteiger partial charge on any atom is -0.490 e. The number of nitrogens with zero attached hydrogens (tertiary/aromatic N) is 1. The van der Waals surface area contributed by atoms with Crippen LogP contribution in [0.1, 0.15) is 23.2 Å². The number of hydrogen-bond acceptors (Lipinski definition) is 3. The molecule has 0 bridgehead atoms. The van der Waals surface area contributed by atoms with E-state index in [4.69, 9.17) is 10.5 Å². The van der Waals surface area contributed by atoms with Crippen molar-refractivity contribution in [3.63, 3.8) is 0 Å². The molecule has 0 saturated carbocycles. The van der Waals surface area contributed by atoms with E-state index in [-0.39, 0.29) is 12.0 Å². The van der Waals surface area contributed by atoms with Crippen molar-refractivity contribution in [2.45, 2.75) is 18.9 Å². The van der Waals surface area contributed by atoms with Gasteiger partial charge in [-0.15, -0.1) is 0 Å². The molecule has 5 nitrogen and oxygen atoms in total. The van der Waals surface area contributed by atoms with E-state index in [9.17, 15) is 9.59 Å². The highest BCUT2D eigenvalue weighted by Crippen LogP contribution is 2.20. The fraction of sp³-hybridized carbons (Fsp3) is 0.333. The topological polar surface area (TPSA) is 72.6 Å². The van der Waals surface area contributed by atoms with Crippen molar-refractivity contribution in [2.24, 2.45) is 5.73 Å². The van der Waals surface area contributed by atoms with E-state index in [1.54, 1.807) is 29.2 Å². The number of ether oxygens (including phenoxy) is 1. The molecular weight excluding hydrogens is 256 g/mol. The lowest BCUT2D eigenvalue weighted by atomic mass is 10.1. The predicted molar refractivity (Wildman–Crippen MR) is 75.4 cm³/mol. The fourth-order valence-corrected chi connectivity index (χ4v) is 2.24. The maximum atomic E-state index is 11.5. The molecule has 1 aliphatic heterocycles. The summed E-state index contributed by atoms with van der Waals surface area (Å²) in [5.74, 6) is 0.121. The SMILES string of the molecule is C=CC(=O)N1CCC(Oc2cccc(C(N)=O)c2)CC1. The number of nitrogens with two attached hydrogens (primary N) is 1. The molecule has 106 valence electrons. The second kappa shape index (κ2) is 6.23. The van der Waals surface area contributed by atoms with Crippen molar-refractivity contribution in [2.75, 3.05) is 13.1 Å². The second-order valence-electron chi connectivity index (χ2n) is 4.74. The molecule has 0 unspecified atom stereocenters. The van der Waals surface area contributed by atoms with Gasteiger partial charge in [-0.3, -0.25) is 9.59 Å². The summed E-state index contributed by atoms with van der Waals surface area (Å²) in [5.41, 5.74) is 5.67. The van der Waals surface area contributed by atoms with E-state index in [0.717, 1.165) is 12.8 Å². The second-order valence-corrected chi connectivity index (χ2v) is 4.74. The molecule has 1 heterocycles. The van der Waals surface area contributed by atoms with Crippen LogP contribution < -0.4 is 10.5 Å². The predicted octanol–water partition coefficient (Wildman–Crippen LogP) is 1.34. The summed E-state index contributed by atoms with van der Waals surface area (Å²) < 4.78 is 5.84. The first-order valence-electron chi connectivity index (χ1n) is 6.58. The van der Waals surface area contributed by atoms with Crippen LogP contribution in [0.15, 0.2) is 36.9 Å². The maximum Gasteiger partial charge on any atom is 0.248 e. The van der Waals surface area contributed by atoms with Crippen molar-refractivity contribution in [1.29, 1.82) is 0 Å². The molecule has 1 aromatic rings. The normalized spacial score (nSPS) is 15.7. The number of amides is 2. The summed E-state index contributed by atoms with van der Waals surface area (Å²) in [6.45, 7) is 4.80. The number of piperidine rings is 1. The molecule has 20 heavy (non-hydrogen) atoms. The van der Waals surface area contributed by atoms with Crippen LogP contribution in [0.5, 0.6) is 5.75 Å². The van der Waals surface area contributed by atoms with Crippen LogP contribution in [-0.4, -0.2) is 35.9 Å². The number of hydrogen-bond donors (Lipinski definition) is 1. The molecule has 1 saturated heterocycles. The third-order valence-electron chi connectivity index (χ3n) is 3.35. The average molecular weight is 274 g/mol. The van der Waals surface area contributed by atoms with E-state index in [1.165, 1.54) is 6.08 Å². The van der Waals surface area contributed by atoms with Crippen molar-refractivity contribution in [3.05, 3.63) is 42.5 Å². The third kappa shape index (κ3) is 3.38. The van der Waals surface area contributed by atoms with E-state index in [0.29, 0.717) is 24.4 Å². The molecular formula is C15H18N2O3. The quantitative estimate of drug-likeness (QED) is 0.842. The summed E-state index contributed by atoms with van der Waals surface area (Å²) >= 11 is 0. The molecule has 0 radical (unpaired) electrons. The average Bonchev–Trinajstić information content (AvgIpc) is 2.47. The zero-order chi connectivity index (χ0) is 14.5. The van der Waals surface area contributed by atoms with Gasteiger partial charge in [0.1, 0.15) is 11.9 Å². The van der Waals surface area contributed by atoms with Gasteiger partial charge in [0.25, 0.3) is 0 Å². The highest BCUT2D eigenvalue weighted by molar-refractivity contribution is 5.93. The highest BCUT2D eigenvalue weighted by Gasteiger charge is 2.22. The number of likely N-dealkylation sites (tertiary alicyclic amines) is 1. The van der Waals surface area contributed by atoms with Gasteiger partial charge in [-0.05, 0) is 24.3 Å². The Bertz CT molecular complexity index is 520. The summed E-state index contributed by atoms with van der Waals surface area (Å²) in [5, 5.41) is 0. The number of benzene rings is 1. The molecule has 1 fully saturated rings. The van der Waals surface area contributed by atoms with E-state index >= 15 is 0 Å². The molecule has 1 aromatic carbocycles. The lowest BCUT2D eigenvalue weighted by Crippen LogP contribution is -2.41. The number of rotatable bonds is 4. The minimum atomic E-state index is -0.471. The summed E-state index contributed by atoms with van der Waals surface area (Å²) in [7, 11) is 0. The lowest BCUT2D eigenvalue weighted by Gasteiger charge is -2.31. The van der Waals surface area contributed by atoms with Crippen LogP contribution in [0.4, 0.5) is 0 Å². The van der Waals surface area contributed by atoms with E-state index < -0.39 is 5.91 Å². The van der Waals surface area contributed by atoms with Crippen molar-refractivity contribution >= 4 is 11.8 Å². The first kappa shape index (κ1) is 14.1. The van der Waals surface area contributed by atoms with Crippen LogP contribution in [-0.2, 0) is 4.79 Å². The van der Waals surface area contributed by atoms with Gasteiger partial charge in [0.05, 0.1) is 0 Å². The highest BCUT2D eigenvalue weighted by atomic mass is 16.5. The van der Waals surface area contributed by atoms with Crippen molar-refractivity contribution in [1.82, 2.24) is 4.90 Å². The Hall–Kier alpha value is -2.30. The molecule has 2 rings (SSSR count). The Labute approximate surface area is 118 Å². The Balaban J connectivity index is 1.92. The van der Waals surface area contributed by atoms with Crippen LogP contribution >= 0.6 is 0 Å². The summed E-state index contributed by atoms with van der Waals surface area (Å²) in [6, 6.07) is 6.84. The Kier molecular flexibility index (Phi) is 4.40. The monoisotopic (exact) mass is 274 g/mol. The van der Waals surface area contributed by atoms with Gasteiger partial charge in [-0.1, -0.05) is 12.6 Å². The molecule has 5 heteroatoms. The first-order valence-corrected chi connectivity index (χ1v) is 6.58. The van der Waals surface area contributed by atoms with E-state index in [2.05, 4.69) is 6.58 Å². The number of primary amides is 1. The Morgan fingerprint density at radius 2 is 2.05 bits per heavy atom. The molecule has 0 aromatic heterocycles. The maximum absolute atomic E-state index is 11.5. The van der Waals surface area contributed by atoms with Crippen LogP contribution in [0, 0.1) is 0 Å². The van der Waals surface area contributed by atoms with Gasteiger partial charge in [-0.2, -0.15) is 0 Å². The Morgan fingerprint density at radius 1 is 1.35 bits per heavy atom. The van der Waals surface area contributed by atoms with Gasteiger partial charge in [0.15, 0.2) is 0 Å². The zero-order valence-corrected chi connectivity index (χ0v) is 11.2. The van der Waals surface area contributed by atoms with Crippen LogP contribution in [0.2, 0.25) is 0 Å². The largest absolute Gasteiger partial charge is 0.490 e. The number of carbonyl (C=O) groups is 2. The lowest BCUT2D eigenvalue weighted by molar-refractivity contribution is -0.127. The first-order chi connectivity index (χ1) is 9.60. The van der Waals surface area contributed by atoms with Gasteiger partial charge in [0, 0.05) is 31.5 Å². The molecule has 0 atom stereocenters. The van der Waals surface area contributed by atoms with Gasteiger partial charge >= 0.3 is 0 Å². The van der Waals surface area contributed by atoms with Crippen molar-refractivity contribution in [3.8, 4) is 5.75 Å². The fourth-order valence-electron chi connectivity index (χ4n) is 2.24. The molecule has 2 amide bonds. The van der Waals surface area contributed by atoms with Gasteiger partial charge in [0.2, 0.25) is 11.8 Å². The van der Waals surface area contributed by atoms with Crippen LogP contribution in [0.3, 0.4) is 0 Å². The van der Waals surface area contributed by atoms with Crippen LogP contribution in [0.25, 0.3) is 0 Å². The van der Waals surface area contributed by atoms with Gasteiger partial charge < -0.3 is 15.4 Å². The minimum absolute atomic E-state index is 0.0424. The smallest absolute Gasteiger partial charge is 0.248 e. The standard InChI is InChI=1S/C15H18N2O3/c1-2-14(18)17-8-6-12(7-9-17)20-13-5-3-4-11(10-13)15(16)19/h2-5,10,12H,1,6-9H2,(H2,16,19). The summed E-state index contributed by atoms with van der Waals surface area (Å²) in [4.78, 5) is 24.3. The molecule has 0 aliphatic carbocycles. The molecule has 1 aliphatic rings. The third-order valence-corrected chi connectivity index (χ3v) is 3.35. The van der Waals surface area contributed by atoms with E-state index in [1.807, 2.05) is 0 Å². The van der Waals surface area contributed by atoms with Crippen molar-refractivity contribution < 1.29 is 14.3 Å².